The summed E-state index contributed by atoms with van der Waals surface area (Å²) in [7, 11) is 0. The number of rotatable bonds is 12. The molecule has 0 fully saturated rings. The van der Waals surface area contributed by atoms with Gasteiger partial charge < -0.3 is 0 Å². The molecule has 2 nitrogen and oxygen atoms in total. The molecule has 0 aliphatic carbocycles. The van der Waals surface area contributed by atoms with E-state index in [2.05, 4.69) is 275 Å². The van der Waals surface area contributed by atoms with Gasteiger partial charge in [-0.3, -0.25) is 0 Å². The standard InChI is InChI=1S/C60H56Ge2N2/c1-61(2,3)49-33-41-53(42-34-49)63(51-37-29-47(30-38-51)27-25-45-17-9-7-10-18-45)59-55-21-13-15-23-57(55)60(58-24-16-14-22-56(58)59)64(54-43-35-50(36-44-54)62(4,5)6)52-39-31-48(32-40-52)28-26-46-19-11-8-12-20-46/h7-44H,1-6H3/b27-25+,28-26+. The first-order valence-electron chi connectivity index (χ1n) is 22.4. The van der Waals surface area contributed by atoms with Crippen molar-refractivity contribution in [3.63, 3.8) is 0 Å². The fraction of sp³-hybridized carbons (Fsp3) is 0.100. The average Bonchev–Trinajstić information content (AvgIpc) is 3.32. The van der Waals surface area contributed by atoms with Gasteiger partial charge in [0.25, 0.3) is 0 Å². The summed E-state index contributed by atoms with van der Waals surface area (Å²) in [5.74, 6) is 14.8. The van der Waals surface area contributed by atoms with E-state index in [0.29, 0.717) is 0 Å². The molecular formula is C60H56Ge2N2. The quantitative estimate of drug-likeness (QED) is 0.0521. The van der Waals surface area contributed by atoms with E-state index in [1.807, 2.05) is 0 Å². The third-order valence-corrected chi connectivity index (χ3v) is 20.8. The van der Waals surface area contributed by atoms with Crippen LogP contribution in [0.1, 0.15) is 22.3 Å². The average molecular weight is 950 g/mol. The molecule has 0 N–H and O–H groups in total. The van der Waals surface area contributed by atoms with Crippen LogP contribution >= 0.6 is 0 Å². The van der Waals surface area contributed by atoms with Crippen molar-refractivity contribution in [1.82, 2.24) is 0 Å². The van der Waals surface area contributed by atoms with Gasteiger partial charge in [0, 0.05) is 0 Å². The summed E-state index contributed by atoms with van der Waals surface area (Å²) in [6, 6.07) is 76.0. The number of hydrogen-bond acceptors (Lipinski definition) is 2. The molecule has 0 saturated heterocycles. The number of fused-ring (bicyclic) bond motifs is 2. The molecule has 0 radical (unpaired) electrons. The Balaban J connectivity index is 1.25. The topological polar surface area (TPSA) is 6.48 Å². The van der Waals surface area contributed by atoms with E-state index in [4.69, 9.17) is 0 Å². The number of nitrogens with zero attached hydrogens (tertiary/aromatic N) is 2. The van der Waals surface area contributed by atoms with Gasteiger partial charge in [-0.15, -0.1) is 0 Å². The van der Waals surface area contributed by atoms with Crippen LogP contribution in [0.4, 0.5) is 34.1 Å². The third-order valence-electron chi connectivity index (χ3n) is 12.1. The summed E-state index contributed by atoms with van der Waals surface area (Å²) in [5, 5.41) is 4.76. The molecule has 9 aromatic rings. The zero-order valence-electron chi connectivity index (χ0n) is 37.8. The minimum absolute atomic E-state index is 1.12. The van der Waals surface area contributed by atoms with Gasteiger partial charge in [0.05, 0.1) is 0 Å². The van der Waals surface area contributed by atoms with E-state index in [0.717, 1.165) is 33.9 Å². The van der Waals surface area contributed by atoms with Crippen molar-refractivity contribution in [1.29, 1.82) is 0 Å². The first kappa shape index (κ1) is 42.9. The Hall–Kier alpha value is -6.33. The molecular weight excluding hydrogens is 894 g/mol. The van der Waals surface area contributed by atoms with Gasteiger partial charge in [-0.25, -0.2) is 0 Å². The van der Waals surface area contributed by atoms with Gasteiger partial charge in [-0.1, -0.05) is 60.7 Å². The monoisotopic (exact) mass is 952 g/mol. The van der Waals surface area contributed by atoms with Crippen LogP contribution in [0.2, 0.25) is 34.5 Å². The molecule has 0 aromatic heterocycles. The molecule has 0 amide bonds. The third kappa shape index (κ3) is 9.31. The number of anilines is 6. The maximum absolute atomic E-state index is 2.49. The molecule has 9 aromatic carbocycles. The summed E-state index contributed by atoms with van der Waals surface area (Å²) in [6.07, 6.45) is 8.77. The second-order valence-electron chi connectivity index (χ2n) is 18.7. The van der Waals surface area contributed by atoms with E-state index in [9.17, 15) is 0 Å². The van der Waals surface area contributed by atoms with Crippen LogP contribution in [-0.2, 0) is 0 Å². The molecule has 0 bridgehead atoms. The Kier molecular flexibility index (Phi) is 12.4. The molecule has 0 saturated carbocycles. The summed E-state index contributed by atoms with van der Waals surface area (Å²) in [4.78, 5) is 4.97. The summed E-state index contributed by atoms with van der Waals surface area (Å²) >= 11 is -4.17. The van der Waals surface area contributed by atoms with Crippen LogP contribution in [-0.4, -0.2) is 26.5 Å². The van der Waals surface area contributed by atoms with Crippen molar-refractivity contribution in [2.24, 2.45) is 0 Å². The Morgan fingerprint density at radius 2 is 0.500 bits per heavy atom. The molecule has 0 heterocycles. The second kappa shape index (κ2) is 18.4. The maximum atomic E-state index is 2.49. The van der Waals surface area contributed by atoms with Crippen LogP contribution in [0.3, 0.4) is 0 Å². The summed E-state index contributed by atoms with van der Waals surface area (Å²) < 4.78 is 2.99. The zero-order valence-corrected chi connectivity index (χ0v) is 42.0. The van der Waals surface area contributed by atoms with Gasteiger partial charge in [0.1, 0.15) is 0 Å². The minimum atomic E-state index is -2.09. The van der Waals surface area contributed by atoms with Crippen LogP contribution < -0.4 is 18.6 Å². The Morgan fingerprint density at radius 1 is 0.266 bits per heavy atom. The van der Waals surface area contributed by atoms with Crippen molar-refractivity contribution < 1.29 is 0 Å². The molecule has 0 atom stereocenters. The van der Waals surface area contributed by atoms with Crippen LogP contribution in [0, 0.1) is 0 Å². The Labute approximate surface area is 385 Å². The van der Waals surface area contributed by atoms with E-state index in [-0.39, 0.29) is 0 Å². The van der Waals surface area contributed by atoms with Gasteiger partial charge in [-0.2, -0.15) is 0 Å². The number of benzene rings is 9. The molecule has 0 unspecified atom stereocenters. The zero-order chi connectivity index (χ0) is 44.3. The number of hydrogen-bond donors (Lipinski definition) is 0. The molecule has 64 heavy (non-hydrogen) atoms. The molecule has 4 heteroatoms. The Bertz CT molecular complexity index is 2800. The molecule has 0 aliphatic rings. The normalized spacial score (nSPS) is 12.1. The second-order valence-corrected chi connectivity index (χ2v) is 40.0. The van der Waals surface area contributed by atoms with Gasteiger partial charge >= 0.3 is 327 Å². The van der Waals surface area contributed by atoms with Crippen molar-refractivity contribution in [3.8, 4) is 0 Å². The molecule has 9 rings (SSSR count). The summed E-state index contributed by atoms with van der Waals surface area (Å²) in [6.45, 7) is 0. The molecule has 0 aliphatic heterocycles. The van der Waals surface area contributed by atoms with E-state index >= 15 is 0 Å². The van der Waals surface area contributed by atoms with Crippen LogP contribution in [0.25, 0.3) is 45.8 Å². The molecule has 0 spiro atoms. The first-order chi connectivity index (χ1) is 31.0. The van der Waals surface area contributed by atoms with Gasteiger partial charge in [0.2, 0.25) is 0 Å². The molecule has 314 valence electrons. The van der Waals surface area contributed by atoms with Crippen molar-refractivity contribution in [3.05, 3.63) is 229 Å². The van der Waals surface area contributed by atoms with E-state index < -0.39 is 26.5 Å². The first-order valence-corrected chi connectivity index (χ1v) is 37.1. The predicted molar refractivity (Wildman–Crippen MR) is 288 cm³/mol. The fourth-order valence-electron chi connectivity index (χ4n) is 8.58. The van der Waals surface area contributed by atoms with Crippen LogP contribution in [0.15, 0.2) is 206 Å². The van der Waals surface area contributed by atoms with Crippen molar-refractivity contribution >= 4 is 115 Å². The summed E-state index contributed by atoms with van der Waals surface area (Å²) in [5.41, 5.74) is 11.6. The fourth-order valence-corrected chi connectivity index (χ4v) is 13.5. The Morgan fingerprint density at radius 3 is 0.766 bits per heavy atom. The van der Waals surface area contributed by atoms with Gasteiger partial charge in [-0.05, 0) is 0 Å². The SMILES string of the molecule is [CH3][Ge]([CH3])([CH3])[c]1ccc(N(c2ccc(/C=C/c3ccccc3)cc2)c2c3ccccc3c(N(c3ccc(/C=C/c4ccccc4)cc3)c3cc[c]([Ge]([CH3])([CH3])[CH3])cc3)c3ccccc23)cc1. The predicted octanol–water partition coefficient (Wildman–Crippen LogP) is 16.4. The van der Waals surface area contributed by atoms with E-state index in [1.54, 1.807) is 0 Å². The van der Waals surface area contributed by atoms with Gasteiger partial charge in [0.15, 0.2) is 0 Å². The van der Waals surface area contributed by atoms with E-state index in [1.165, 1.54) is 52.8 Å². The van der Waals surface area contributed by atoms with Crippen LogP contribution in [0.5, 0.6) is 0 Å². The van der Waals surface area contributed by atoms with Crippen molar-refractivity contribution in [2.75, 3.05) is 9.80 Å². The van der Waals surface area contributed by atoms with Crippen molar-refractivity contribution in [2.45, 2.75) is 34.5 Å².